The Morgan fingerprint density at radius 1 is 1.16 bits per heavy atom. The van der Waals surface area contributed by atoms with Gasteiger partial charge >= 0.3 is 0 Å². The van der Waals surface area contributed by atoms with Gasteiger partial charge in [-0.15, -0.1) is 0 Å². The van der Waals surface area contributed by atoms with Crippen LogP contribution in [0.2, 0.25) is 0 Å². The van der Waals surface area contributed by atoms with E-state index in [2.05, 4.69) is 15.7 Å². The van der Waals surface area contributed by atoms with Crippen molar-refractivity contribution in [2.45, 2.75) is 37.5 Å². The van der Waals surface area contributed by atoms with Crippen molar-refractivity contribution in [1.82, 2.24) is 20.0 Å². The molecule has 4 N–H and O–H groups in total. The number of rotatable bonds is 5. The van der Waals surface area contributed by atoms with Gasteiger partial charge in [-0.1, -0.05) is 6.07 Å². The van der Waals surface area contributed by atoms with E-state index in [9.17, 15) is 19.2 Å². The fourth-order valence-corrected chi connectivity index (χ4v) is 4.28. The number of nitrogens with one attached hydrogen (secondary N) is 2. The Morgan fingerprint density at radius 3 is 2.72 bits per heavy atom. The van der Waals surface area contributed by atoms with Crippen LogP contribution in [0.15, 0.2) is 30.6 Å². The Bertz CT molecular complexity index is 1130. The van der Waals surface area contributed by atoms with E-state index in [1.807, 2.05) is 6.20 Å². The zero-order valence-corrected chi connectivity index (χ0v) is 17.1. The van der Waals surface area contributed by atoms with Gasteiger partial charge in [0.1, 0.15) is 6.04 Å². The molecule has 1 unspecified atom stereocenters. The average molecular weight is 438 g/mol. The number of nitrogens with two attached hydrogens (primary N) is 1. The first-order valence-corrected chi connectivity index (χ1v) is 10.4. The molecular weight excluding hydrogens is 416 g/mol. The number of hydrogen-bond donors (Lipinski definition) is 3. The van der Waals surface area contributed by atoms with Crippen molar-refractivity contribution in [3.8, 4) is 0 Å². The number of carbonyl (C=O) groups excluding carboxylic acids is 4. The van der Waals surface area contributed by atoms with Crippen molar-refractivity contribution in [2.75, 3.05) is 18.5 Å². The van der Waals surface area contributed by atoms with Crippen LogP contribution in [0, 0.1) is 0 Å². The summed E-state index contributed by atoms with van der Waals surface area (Å²) in [5, 5.41) is 9.78. The molecule has 1 aromatic carbocycles. The quantitative estimate of drug-likeness (QED) is 0.543. The van der Waals surface area contributed by atoms with Crippen LogP contribution in [-0.2, 0) is 20.9 Å². The minimum Gasteiger partial charge on any atom is -0.378 e. The molecule has 2 aromatic rings. The molecule has 2 saturated heterocycles. The summed E-state index contributed by atoms with van der Waals surface area (Å²) in [6.45, 7) is 1.43. The first kappa shape index (κ1) is 20.3. The van der Waals surface area contributed by atoms with Crippen molar-refractivity contribution in [3.05, 3.63) is 47.3 Å². The van der Waals surface area contributed by atoms with Crippen LogP contribution >= 0.6 is 0 Å². The predicted molar refractivity (Wildman–Crippen MR) is 110 cm³/mol. The molecule has 4 heterocycles. The zero-order chi connectivity index (χ0) is 22.4. The molecule has 11 nitrogen and oxygen atoms in total. The van der Waals surface area contributed by atoms with Gasteiger partial charge in [-0.3, -0.25) is 34.1 Å². The second kappa shape index (κ2) is 7.84. The van der Waals surface area contributed by atoms with E-state index in [1.165, 1.54) is 0 Å². The molecule has 4 amide bonds. The summed E-state index contributed by atoms with van der Waals surface area (Å²) in [6, 6.07) is 3.92. The third-order valence-corrected chi connectivity index (χ3v) is 6.04. The lowest BCUT2D eigenvalue weighted by Gasteiger charge is -2.27. The largest absolute Gasteiger partial charge is 0.378 e. The van der Waals surface area contributed by atoms with Gasteiger partial charge in [0.15, 0.2) is 0 Å². The smallest absolute Gasteiger partial charge is 0.262 e. The number of ether oxygens (including phenoxy) is 1. The molecule has 1 aromatic heterocycles. The van der Waals surface area contributed by atoms with Crippen molar-refractivity contribution in [3.63, 3.8) is 0 Å². The first-order chi connectivity index (χ1) is 15.4. The number of benzene rings is 1. The van der Waals surface area contributed by atoms with Gasteiger partial charge in [0.05, 0.1) is 48.3 Å². The number of fused-ring (bicyclic) bond motifs is 1. The summed E-state index contributed by atoms with van der Waals surface area (Å²) in [5.74, 6) is -2.07. The minimum absolute atomic E-state index is 0.00700. The number of imide groups is 2. The van der Waals surface area contributed by atoms with Crippen molar-refractivity contribution in [1.29, 1.82) is 0 Å². The predicted octanol–water partition coefficient (Wildman–Crippen LogP) is -0.205. The highest BCUT2D eigenvalue weighted by molar-refractivity contribution is 6.23. The van der Waals surface area contributed by atoms with Gasteiger partial charge in [-0.05, 0) is 24.1 Å². The van der Waals surface area contributed by atoms with Gasteiger partial charge in [0.25, 0.3) is 11.8 Å². The second-order valence-corrected chi connectivity index (χ2v) is 8.16. The molecule has 5 rings (SSSR count). The lowest BCUT2D eigenvalue weighted by Crippen LogP contribution is -2.54. The molecule has 32 heavy (non-hydrogen) atoms. The molecular formula is C21H22N6O5. The Labute approximate surface area is 182 Å². The first-order valence-electron chi connectivity index (χ1n) is 10.4. The number of amides is 4. The summed E-state index contributed by atoms with van der Waals surface area (Å²) in [5.41, 5.74) is 8.12. The molecule has 3 aliphatic rings. The maximum atomic E-state index is 12.9. The van der Waals surface area contributed by atoms with Crippen LogP contribution in [0.5, 0.6) is 0 Å². The van der Waals surface area contributed by atoms with Crippen molar-refractivity contribution >= 4 is 29.3 Å². The van der Waals surface area contributed by atoms with Crippen molar-refractivity contribution in [2.24, 2.45) is 5.73 Å². The van der Waals surface area contributed by atoms with Crippen LogP contribution in [-0.4, -0.2) is 63.6 Å². The number of aromatic nitrogens is 2. The van der Waals surface area contributed by atoms with Gasteiger partial charge in [0.2, 0.25) is 11.8 Å². The van der Waals surface area contributed by atoms with Gasteiger partial charge in [-0.2, -0.15) is 5.10 Å². The van der Waals surface area contributed by atoms with Crippen LogP contribution in [0.3, 0.4) is 0 Å². The molecule has 3 aliphatic heterocycles. The molecule has 0 spiro atoms. The third kappa shape index (κ3) is 3.45. The van der Waals surface area contributed by atoms with E-state index in [0.29, 0.717) is 19.8 Å². The highest BCUT2D eigenvalue weighted by atomic mass is 16.5. The van der Waals surface area contributed by atoms with E-state index < -0.39 is 29.7 Å². The minimum atomic E-state index is -0.974. The lowest BCUT2D eigenvalue weighted by molar-refractivity contribution is -0.136. The van der Waals surface area contributed by atoms with Gasteiger partial charge in [0, 0.05) is 19.2 Å². The number of hydrogen-bond acceptors (Lipinski definition) is 8. The number of piperidine rings is 1. The molecule has 3 atom stereocenters. The van der Waals surface area contributed by atoms with Crippen LogP contribution in [0.4, 0.5) is 5.69 Å². The molecule has 166 valence electrons. The van der Waals surface area contributed by atoms with E-state index >= 15 is 0 Å². The summed E-state index contributed by atoms with van der Waals surface area (Å²) in [6.07, 6.45) is 3.76. The Kier molecular flexibility index (Phi) is 4.98. The summed E-state index contributed by atoms with van der Waals surface area (Å²) < 4.78 is 7.16. The lowest BCUT2D eigenvalue weighted by atomic mass is 10.0. The highest BCUT2D eigenvalue weighted by Crippen LogP contribution is 2.28. The Balaban J connectivity index is 1.28. The summed E-state index contributed by atoms with van der Waals surface area (Å²) in [7, 11) is 0. The van der Waals surface area contributed by atoms with Crippen LogP contribution in [0.25, 0.3) is 0 Å². The number of anilines is 1. The average Bonchev–Trinajstić information content (AvgIpc) is 3.46. The second-order valence-electron chi connectivity index (χ2n) is 8.16. The van der Waals surface area contributed by atoms with Gasteiger partial charge < -0.3 is 15.8 Å². The van der Waals surface area contributed by atoms with E-state index in [0.717, 1.165) is 16.2 Å². The molecule has 11 heteroatoms. The Hall–Kier alpha value is -3.57. The maximum Gasteiger partial charge on any atom is 0.262 e. The van der Waals surface area contributed by atoms with Crippen LogP contribution in [0.1, 0.15) is 45.2 Å². The fraction of sp³-hybridized carbons (Fsp3) is 0.381. The monoisotopic (exact) mass is 438 g/mol. The molecule has 2 fully saturated rings. The van der Waals surface area contributed by atoms with E-state index in [-0.39, 0.29) is 36.1 Å². The fourth-order valence-electron chi connectivity index (χ4n) is 4.28. The topological polar surface area (TPSA) is 149 Å². The third-order valence-electron chi connectivity index (χ3n) is 6.04. The Morgan fingerprint density at radius 2 is 1.97 bits per heavy atom. The van der Waals surface area contributed by atoms with Crippen molar-refractivity contribution < 1.29 is 23.9 Å². The van der Waals surface area contributed by atoms with Crippen LogP contribution < -0.4 is 16.4 Å². The van der Waals surface area contributed by atoms with Gasteiger partial charge in [-0.25, -0.2) is 0 Å². The number of carbonyl (C=O) groups is 4. The van der Waals surface area contributed by atoms with E-state index in [4.69, 9.17) is 10.5 Å². The SMILES string of the molecule is N[C@@H]1COC[C@@H]1n1cc(NCc2ccc3c(c2)C(=O)N(C2CCC(=O)NC2=O)C3=O)cn1. The molecule has 0 bridgehead atoms. The van der Waals surface area contributed by atoms with E-state index in [1.54, 1.807) is 29.1 Å². The summed E-state index contributed by atoms with van der Waals surface area (Å²) in [4.78, 5) is 50.2. The normalized spacial score (nSPS) is 25.3. The molecule has 0 radical (unpaired) electrons. The highest BCUT2D eigenvalue weighted by Gasteiger charge is 2.44. The standard InChI is InChI=1S/C21H22N6O5/c22-15-9-32-10-17(15)26-8-12(7-24-26)23-6-11-1-2-13-14(5-11)21(31)27(20(13)30)16-3-4-18(28)25-19(16)29/h1-2,5,7-8,15-17,23H,3-4,6,9-10,22H2,(H,25,28,29)/t15-,16?,17+/m1/s1. The zero-order valence-electron chi connectivity index (χ0n) is 17.1. The number of nitrogens with zero attached hydrogens (tertiary/aromatic N) is 3. The molecule has 0 aliphatic carbocycles. The summed E-state index contributed by atoms with van der Waals surface area (Å²) >= 11 is 0. The maximum absolute atomic E-state index is 12.9. The molecule has 0 saturated carbocycles.